The van der Waals surface area contributed by atoms with E-state index < -0.39 is 0 Å². The third kappa shape index (κ3) is 3.35. The SMILES string of the molecule is CC1(NC(=O)c2cc(Br)ccc2Br)CCCCC1. The third-order valence-electron chi connectivity index (χ3n) is 3.55. The van der Waals surface area contributed by atoms with Crippen molar-refractivity contribution in [3.05, 3.63) is 32.7 Å². The average molecular weight is 375 g/mol. The molecule has 0 atom stereocenters. The minimum absolute atomic E-state index is 0.00701. The van der Waals surface area contributed by atoms with E-state index in [-0.39, 0.29) is 11.4 Å². The van der Waals surface area contributed by atoms with Gasteiger partial charge in [0.15, 0.2) is 0 Å². The molecule has 2 rings (SSSR count). The van der Waals surface area contributed by atoms with Gasteiger partial charge in [0, 0.05) is 14.5 Å². The first-order valence-corrected chi connectivity index (χ1v) is 7.86. The van der Waals surface area contributed by atoms with Gasteiger partial charge in [0.2, 0.25) is 0 Å². The summed E-state index contributed by atoms with van der Waals surface area (Å²) in [6.07, 6.45) is 5.84. The number of carbonyl (C=O) groups excluding carboxylic acids is 1. The van der Waals surface area contributed by atoms with Crippen LogP contribution in [0.4, 0.5) is 0 Å². The molecule has 2 nitrogen and oxygen atoms in total. The van der Waals surface area contributed by atoms with Crippen molar-refractivity contribution in [1.82, 2.24) is 5.32 Å². The van der Waals surface area contributed by atoms with Crippen molar-refractivity contribution in [2.75, 3.05) is 0 Å². The zero-order valence-corrected chi connectivity index (χ0v) is 13.6. The summed E-state index contributed by atoms with van der Waals surface area (Å²) in [6.45, 7) is 2.15. The standard InChI is InChI=1S/C14H17Br2NO/c1-14(7-3-2-4-8-14)17-13(18)11-9-10(15)5-6-12(11)16/h5-6,9H,2-4,7-8H2,1H3,(H,17,18). The first kappa shape index (κ1) is 14.1. The summed E-state index contributed by atoms with van der Waals surface area (Å²) < 4.78 is 1.76. The lowest BCUT2D eigenvalue weighted by Crippen LogP contribution is -2.47. The number of hydrogen-bond acceptors (Lipinski definition) is 1. The molecule has 0 saturated heterocycles. The molecule has 0 heterocycles. The fourth-order valence-electron chi connectivity index (χ4n) is 2.47. The highest BCUT2D eigenvalue weighted by molar-refractivity contribution is 9.11. The van der Waals surface area contributed by atoms with Crippen LogP contribution in [0, 0.1) is 0 Å². The molecule has 98 valence electrons. The van der Waals surface area contributed by atoms with Crippen LogP contribution in [-0.4, -0.2) is 11.4 Å². The Hall–Kier alpha value is -0.350. The van der Waals surface area contributed by atoms with Gasteiger partial charge in [0.05, 0.1) is 5.56 Å². The molecule has 4 heteroatoms. The van der Waals surface area contributed by atoms with Gasteiger partial charge in [0.25, 0.3) is 5.91 Å². The molecule has 1 aromatic rings. The second-order valence-electron chi connectivity index (χ2n) is 5.20. The molecule has 18 heavy (non-hydrogen) atoms. The Balaban J connectivity index is 2.14. The molecule has 1 aromatic carbocycles. The lowest BCUT2D eigenvalue weighted by atomic mass is 9.83. The van der Waals surface area contributed by atoms with E-state index in [1.54, 1.807) is 0 Å². The van der Waals surface area contributed by atoms with Crippen LogP contribution >= 0.6 is 31.9 Å². The minimum Gasteiger partial charge on any atom is -0.347 e. The number of rotatable bonds is 2. The normalized spacial score (nSPS) is 18.4. The second-order valence-corrected chi connectivity index (χ2v) is 6.97. The molecule has 0 aliphatic heterocycles. The molecule has 0 spiro atoms. The fourth-order valence-corrected chi connectivity index (χ4v) is 3.26. The van der Waals surface area contributed by atoms with E-state index in [4.69, 9.17) is 0 Å². The average Bonchev–Trinajstić information content (AvgIpc) is 2.32. The van der Waals surface area contributed by atoms with E-state index in [0.29, 0.717) is 5.56 Å². The highest BCUT2D eigenvalue weighted by Crippen LogP contribution is 2.29. The topological polar surface area (TPSA) is 29.1 Å². The number of carbonyl (C=O) groups is 1. The summed E-state index contributed by atoms with van der Waals surface area (Å²) in [5.41, 5.74) is 0.646. The maximum atomic E-state index is 12.3. The Labute approximate surface area is 125 Å². The largest absolute Gasteiger partial charge is 0.347 e. The van der Waals surface area contributed by atoms with Crippen molar-refractivity contribution in [2.24, 2.45) is 0 Å². The zero-order chi connectivity index (χ0) is 13.2. The Bertz CT molecular complexity index is 453. The molecule has 1 saturated carbocycles. The van der Waals surface area contributed by atoms with Gasteiger partial charge >= 0.3 is 0 Å². The highest BCUT2D eigenvalue weighted by atomic mass is 79.9. The van der Waals surface area contributed by atoms with Crippen LogP contribution in [0.2, 0.25) is 0 Å². The monoisotopic (exact) mass is 373 g/mol. The van der Waals surface area contributed by atoms with Crippen molar-refractivity contribution < 1.29 is 4.79 Å². The van der Waals surface area contributed by atoms with E-state index in [0.717, 1.165) is 21.8 Å². The van der Waals surface area contributed by atoms with Crippen LogP contribution in [0.5, 0.6) is 0 Å². The first-order valence-electron chi connectivity index (χ1n) is 6.28. The molecular weight excluding hydrogens is 358 g/mol. The number of halogens is 2. The van der Waals surface area contributed by atoms with Crippen molar-refractivity contribution in [3.63, 3.8) is 0 Å². The smallest absolute Gasteiger partial charge is 0.252 e. The van der Waals surface area contributed by atoms with E-state index in [1.165, 1.54) is 19.3 Å². The predicted molar refractivity (Wildman–Crippen MR) is 80.8 cm³/mol. The van der Waals surface area contributed by atoms with Crippen molar-refractivity contribution in [1.29, 1.82) is 0 Å². The first-order chi connectivity index (χ1) is 8.50. The van der Waals surface area contributed by atoms with Crippen LogP contribution in [0.25, 0.3) is 0 Å². The maximum absolute atomic E-state index is 12.3. The lowest BCUT2D eigenvalue weighted by molar-refractivity contribution is 0.0882. The number of nitrogens with one attached hydrogen (secondary N) is 1. The van der Waals surface area contributed by atoms with Crippen LogP contribution in [0.15, 0.2) is 27.1 Å². The summed E-state index contributed by atoms with van der Waals surface area (Å²) in [7, 11) is 0. The van der Waals surface area contributed by atoms with Gasteiger partial charge in [-0.25, -0.2) is 0 Å². The van der Waals surface area contributed by atoms with Gasteiger partial charge in [-0.2, -0.15) is 0 Å². The molecule has 1 fully saturated rings. The van der Waals surface area contributed by atoms with Crippen molar-refractivity contribution in [3.8, 4) is 0 Å². The quantitative estimate of drug-likeness (QED) is 0.800. The summed E-state index contributed by atoms with van der Waals surface area (Å²) in [4.78, 5) is 12.3. The van der Waals surface area contributed by atoms with Gasteiger partial charge in [-0.15, -0.1) is 0 Å². The molecule has 0 bridgehead atoms. The molecule has 0 unspecified atom stereocenters. The highest BCUT2D eigenvalue weighted by Gasteiger charge is 2.29. The van der Waals surface area contributed by atoms with Gasteiger partial charge in [-0.3, -0.25) is 4.79 Å². The van der Waals surface area contributed by atoms with Crippen LogP contribution < -0.4 is 5.32 Å². The summed E-state index contributed by atoms with van der Waals surface area (Å²) in [5, 5.41) is 3.19. The zero-order valence-electron chi connectivity index (χ0n) is 10.4. The molecule has 0 radical (unpaired) electrons. The van der Waals surface area contributed by atoms with E-state index in [1.807, 2.05) is 18.2 Å². The maximum Gasteiger partial charge on any atom is 0.252 e. The summed E-state index contributed by atoms with van der Waals surface area (Å²) in [5.74, 6) is 0.00701. The minimum atomic E-state index is -0.0446. The Kier molecular flexibility index (Phi) is 4.49. The number of hydrogen-bond donors (Lipinski definition) is 1. The van der Waals surface area contributed by atoms with Crippen molar-refractivity contribution >= 4 is 37.8 Å². The van der Waals surface area contributed by atoms with Crippen LogP contribution in [-0.2, 0) is 0 Å². The predicted octanol–water partition coefficient (Wildman–Crippen LogP) is 4.66. The molecule has 0 aromatic heterocycles. The second kappa shape index (κ2) is 5.74. The molecule has 1 aliphatic rings. The van der Waals surface area contributed by atoms with E-state index in [2.05, 4.69) is 44.1 Å². The van der Waals surface area contributed by atoms with Gasteiger partial charge in [-0.05, 0) is 53.9 Å². The molecular formula is C14H17Br2NO. The van der Waals surface area contributed by atoms with Crippen LogP contribution in [0.3, 0.4) is 0 Å². The molecule has 1 aliphatic carbocycles. The number of amides is 1. The van der Waals surface area contributed by atoms with Crippen molar-refractivity contribution in [2.45, 2.75) is 44.6 Å². The molecule has 1 amide bonds. The Morgan fingerprint density at radius 2 is 1.89 bits per heavy atom. The van der Waals surface area contributed by atoms with E-state index in [9.17, 15) is 4.79 Å². The summed E-state index contributed by atoms with van der Waals surface area (Å²) in [6, 6.07) is 5.66. The Morgan fingerprint density at radius 1 is 1.22 bits per heavy atom. The van der Waals surface area contributed by atoms with Crippen LogP contribution in [0.1, 0.15) is 49.4 Å². The van der Waals surface area contributed by atoms with E-state index >= 15 is 0 Å². The van der Waals surface area contributed by atoms with Gasteiger partial charge < -0.3 is 5.32 Å². The summed E-state index contributed by atoms with van der Waals surface area (Å²) >= 11 is 6.83. The van der Waals surface area contributed by atoms with Gasteiger partial charge in [0.1, 0.15) is 0 Å². The molecule has 1 N–H and O–H groups in total. The number of benzene rings is 1. The Morgan fingerprint density at radius 3 is 2.56 bits per heavy atom. The third-order valence-corrected chi connectivity index (χ3v) is 4.73. The van der Waals surface area contributed by atoms with Gasteiger partial charge in [-0.1, -0.05) is 35.2 Å². The lowest BCUT2D eigenvalue weighted by Gasteiger charge is -2.34. The fraction of sp³-hybridized carbons (Fsp3) is 0.500.